The van der Waals surface area contributed by atoms with Gasteiger partial charge in [0.2, 0.25) is 0 Å². The highest BCUT2D eigenvalue weighted by Gasteiger charge is 1.80. The van der Waals surface area contributed by atoms with Crippen molar-refractivity contribution in [2.45, 2.75) is 0 Å². The summed E-state index contributed by atoms with van der Waals surface area (Å²) in [5.41, 5.74) is 0. The van der Waals surface area contributed by atoms with E-state index in [-0.39, 0.29) is 6.61 Å². The number of aliphatic hydroxyl groups excluding tert-OH is 1. The second-order valence-electron chi connectivity index (χ2n) is 1.58. The van der Waals surface area contributed by atoms with Crippen molar-refractivity contribution in [3.05, 3.63) is 0 Å². The van der Waals surface area contributed by atoms with Gasteiger partial charge in [-0.1, -0.05) is 0 Å². The predicted molar refractivity (Wildman–Crippen MR) is 33.9 cm³/mol. The first kappa shape index (κ1) is 7.88. The van der Waals surface area contributed by atoms with Crippen LogP contribution >= 0.6 is 0 Å². The Morgan fingerprint density at radius 2 is 2.00 bits per heavy atom. The van der Waals surface area contributed by atoms with Crippen molar-refractivity contribution < 1.29 is 5.11 Å². The molecular weight excluding hydrogens is 104 g/mol. The molecule has 0 fully saturated rings. The standard InChI is InChI=1S/C5H14N2O/c1-6-2-3-7-4-5-8/h6-8H,2-5H2,1H3. The molecule has 3 nitrogen and oxygen atoms in total. The van der Waals surface area contributed by atoms with Crippen molar-refractivity contribution in [1.82, 2.24) is 10.6 Å². The molecule has 0 radical (unpaired) electrons. The molecule has 0 spiro atoms. The topological polar surface area (TPSA) is 44.3 Å². The van der Waals surface area contributed by atoms with Gasteiger partial charge in [0.25, 0.3) is 0 Å². The number of nitrogens with one attached hydrogen (secondary N) is 2. The lowest BCUT2D eigenvalue weighted by Crippen LogP contribution is -2.26. The average Bonchev–Trinajstić information content (AvgIpc) is 1.81. The number of likely N-dealkylation sites (N-methyl/N-ethyl adjacent to an activating group) is 1. The van der Waals surface area contributed by atoms with E-state index in [1.165, 1.54) is 0 Å². The van der Waals surface area contributed by atoms with Crippen LogP contribution in [0.15, 0.2) is 0 Å². The van der Waals surface area contributed by atoms with Crippen molar-refractivity contribution in [1.29, 1.82) is 0 Å². The number of hydrogen-bond acceptors (Lipinski definition) is 3. The van der Waals surface area contributed by atoms with Crippen LogP contribution in [0.5, 0.6) is 0 Å². The minimum Gasteiger partial charge on any atom is -0.395 e. The largest absolute Gasteiger partial charge is 0.395 e. The molecule has 0 aliphatic rings. The van der Waals surface area contributed by atoms with Crippen LogP contribution in [0.4, 0.5) is 0 Å². The Hall–Kier alpha value is -0.120. The summed E-state index contributed by atoms with van der Waals surface area (Å²) in [5, 5.41) is 14.3. The zero-order valence-corrected chi connectivity index (χ0v) is 5.28. The Morgan fingerprint density at radius 3 is 2.50 bits per heavy atom. The van der Waals surface area contributed by atoms with Gasteiger partial charge in [0.05, 0.1) is 6.61 Å². The van der Waals surface area contributed by atoms with Gasteiger partial charge in [0.1, 0.15) is 0 Å². The van der Waals surface area contributed by atoms with E-state index >= 15 is 0 Å². The first-order valence-corrected chi connectivity index (χ1v) is 2.88. The maximum atomic E-state index is 8.28. The van der Waals surface area contributed by atoms with Gasteiger partial charge in [-0.25, -0.2) is 0 Å². The van der Waals surface area contributed by atoms with Gasteiger partial charge in [0.15, 0.2) is 0 Å². The lowest BCUT2D eigenvalue weighted by Gasteiger charge is -1.99. The minimum absolute atomic E-state index is 0.226. The molecule has 0 rings (SSSR count). The summed E-state index contributed by atoms with van der Waals surface area (Å²) < 4.78 is 0. The summed E-state index contributed by atoms with van der Waals surface area (Å²) in [6, 6.07) is 0. The lowest BCUT2D eigenvalue weighted by molar-refractivity contribution is 0.292. The summed E-state index contributed by atoms with van der Waals surface area (Å²) >= 11 is 0. The number of aliphatic hydroxyl groups is 1. The van der Waals surface area contributed by atoms with Crippen LogP contribution in [0.3, 0.4) is 0 Å². The Bertz CT molecular complexity index is 35.4. The molecule has 0 saturated heterocycles. The van der Waals surface area contributed by atoms with E-state index < -0.39 is 0 Å². The first-order valence-electron chi connectivity index (χ1n) is 2.88. The van der Waals surface area contributed by atoms with Gasteiger partial charge in [-0.15, -0.1) is 0 Å². The molecule has 0 saturated carbocycles. The molecular formula is C5H14N2O. The fourth-order valence-corrected chi connectivity index (χ4v) is 0.417. The van der Waals surface area contributed by atoms with Crippen molar-refractivity contribution in [2.24, 2.45) is 0 Å². The molecule has 0 aromatic rings. The Labute approximate surface area is 50.1 Å². The molecule has 3 heteroatoms. The second kappa shape index (κ2) is 6.88. The predicted octanol–water partition coefficient (Wildman–Crippen LogP) is -1.21. The fraction of sp³-hybridized carbons (Fsp3) is 1.00. The maximum absolute atomic E-state index is 8.28. The van der Waals surface area contributed by atoms with E-state index in [2.05, 4.69) is 10.6 Å². The third-order valence-corrected chi connectivity index (χ3v) is 0.840. The molecule has 0 amide bonds. The van der Waals surface area contributed by atoms with Gasteiger partial charge in [-0.2, -0.15) is 0 Å². The van der Waals surface area contributed by atoms with Crippen molar-refractivity contribution >= 4 is 0 Å². The zero-order chi connectivity index (χ0) is 6.24. The van der Waals surface area contributed by atoms with Crippen LogP contribution < -0.4 is 10.6 Å². The van der Waals surface area contributed by atoms with E-state index in [0.717, 1.165) is 13.1 Å². The Morgan fingerprint density at radius 1 is 1.25 bits per heavy atom. The van der Waals surface area contributed by atoms with Crippen LogP contribution in [-0.2, 0) is 0 Å². The van der Waals surface area contributed by atoms with E-state index in [1.807, 2.05) is 7.05 Å². The highest BCUT2D eigenvalue weighted by atomic mass is 16.3. The van der Waals surface area contributed by atoms with E-state index in [1.54, 1.807) is 0 Å². The van der Waals surface area contributed by atoms with Crippen molar-refractivity contribution in [3.63, 3.8) is 0 Å². The van der Waals surface area contributed by atoms with E-state index in [9.17, 15) is 0 Å². The molecule has 0 bridgehead atoms. The molecule has 0 aromatic heterocycles. The molecule has 0 aliphatic heterocycles. The SMILES string of the molecule is CNCCNCCO. The molecule has 3 N–H and O–H groups in total. The van der Waals surface area contributed by atoms with Crippen molar-refractivity contribution in [3.8, 4) is 0 Å². The number of rotatable bonds is 5. The van der Waals surface area contributed by atoms with Crippen LogP contribution in [0.25, 0.3) is 0 Å². The monoisotopic (exact) mass is 118 g/mol. The van der Waals surface area contributed by atoms with E-state index in [4.69, 9.17) is 5.11 Å². The van der Waals surface area contributed by atoms with Crippen molar-refractivity contribution in [2.75, 3.05) is 33.3 Å². The first-order chi connectivity index (χ1) is 3.91. The van der Waals surface area contributed by atoms with E-state index in [0.29, 0.717) is 6.54 Å². The average molecular weight is 118 g/mol. The van der Waals surface area contributed by atoms with Gasteiger partial charge in [-0.3, -0.25) is 0 Å². The third-order valence-electron chi connectivity index (χ3n) is 0.840. The Kier molecular flexibility index (Phi) is 6.78. The summed E-state index contributed by atoms with van der Waals surface area (Å²) in [5.74, 6) is 0. The van der Waals surface area contributed by atoms with Gasteiger partial charge < -0.3 is 15.7 Å². The molecule has 0 aromatic carbocycles. The van der Waals surface area contributed by atoms with Crippen LogP contribution in [-0.4, -0.2) is 38.4 Å². The van der Waals surface area contributed by atoms with Gasteiger partial charge in [0, 0.05) is 19.6 Å². The lowest BCUT2D eigenvalue weighted by atomic mass is 10.6. The quantitative estimate of drug-likeness (QED) is 0.397. The molecule has 0 atom stereocenters. The molecule has 0 aliphatic carbocycles. The summed E-state index contributed by atoms with van der Waals surface area (Å²) in [6.45, 7) is 2.81. The van der Waals surface area contributed by atoms with Crippen LogP contribution in [0.1, 0.15) is 0 Å². The van der Waals surface area contributed by atoms with Gasteiger partial charge in [-0.05, 0) is 7.05 Å². The molecule has 8 heavy (non-hydrogen) atoms. The molecule has 50 valence electrons. The third kappa shape index (κ3) is 5.88. The van der Waals surface area contributed by atoms with Gasteiger partial charge >= 0.3 is 0 Å². The summed E-state index contributed by atoms with van der Waals surface area (Å²) in [6.07, 6.45) is 0. The Balaban J connectivity index is 2.53. The smallest absolute Gasteiger partial charge is 0.0555 e. The maximum Gasteiger partial charge on any atom is 0.0555 e. The summed E-state index contributed by atoms with van der Waals surface area (Å²) in [4.78, 5) is 0. The fourth-order valence-electron chi connectivity index (χ4n) is 0.417. The molecule has 0 heterocycles. The zero-order valence-electron chi connectivity index (χ0n) is 5.28. The molecule has 0 unspecified atom stereocenters. The number of hydrogen-bond donors (Lipinski definition) is 3. The highest BCUT2D eigenvalue weighted by molar-refractivity contribution is 4.45. The second-order valence-corrected chi connectivity index (χ2v) is 1.58. The van der Waals surface area contributed by atoms with Crippen LogP contribution in [0, 0.1) is 0 Å². The highest BCUT2D eigenvalue weighted by Crippen LogP contribution is 1.54. The summed E-state index contributed by atoms with van der Waals surface area (Å²) in [7, 11) is 1.90. The normalized spacial score (nSPS) is 9.75. The minimum atomic E-state index is 0.226. The van der Waals surface area contributed by atoms with Crippen LogP contribution in [0.2, 0.25) is 0 Å².